The van der Waals surface area contributed by atoms with E-state index in [0.717, 1.165) is 39.2 Å². The smallest absolute Gasteiger partial charge is 0.192 e. The van der Waals surface area contributed by atoms with Gasteiger partial charge in [0.15, 0.2) is 35.2 Å². The molecule has 0 unspecified atom stereocenters. The Hall–Kier alpha value is -4.47. The molecule has 5 rings (SSSR count). The number of nitrogens with zero attached hydrogens (tertiary/aromatic N) is 7. The van der Waals surface area contributed by atoms with Crippen LogP contribution < -0.4 is 9.47 Å². The lowest BCUT2D eigenvalue weighted by molar-refractivity contribution is 0.125. The largest absolute Gasteiger partial charge is 0.493 e. The fourth-order valence-electron chi connectivity index (χ4n) is 4.07. The molecule has 0 aliphatic carbocycles. The van der Waals surface area contributed by atoms with E-state index in [1.807, 2.05) is 43.5 Å². The lowest BCUT2D eigenvalue weighted by Gasteiger charge is -2.09. The van der Waals surface area contributed by atoms with Crippen LogP contribution in [0.2, 0.25) is 0 Å². The highest BCUT2D eigenvalue weighted by atomic mass is 16.6. The molecule has 0 aliphatic heterocycles. The van der Waals surface area contributed by atoms with Crippen LogP contribution in [-0.4, -0.2) is 49.1 Å². The lowest BCUT2D eigenvalue weighted by Crippen LogP contribution is -2.00. The predicted octanol–water partition coefficient (Wildman–Crippen LogP) is 4.04. The molecule has 178 valence electrons. The van der Waals surface area contributed by atoms with Crippen LogP contribution in [0.3, 0.4) is 0 Å². The summed E-state index contributed by atoms with van der Waals surface area (Å²) in [5.74, 6) is 1.79. The second kappa shape index (κ2) is 9.05. The molecule has 0 saturated carbocycles. The number of aromatic nitrogens is 6. The van der Waals surface area contributed by atoms with Gasteiger partial charge in [-0.1, -0.05) is 5.16 Å². The van der Waals surface area contributed by atoms with Crippen molar-refractivity contribution < 1.29 is 14.3 Å². The van der Waals surface area contributed by atoms with Gasteiger partial charge in [0.2, 0.25) is 0 Å². The molecule has 0 bridgehead atoms. The summed E-state index contributed by atoms with van der Waals surface area (Å²) in [5.41, 5.74) is 6.19. The van der Waals surface area contributed by atoms with E-state index in [-0.39, 0.29) is 6.61 Å². The zero-order valence-corrected chi connectivity index (χ0v) is 20.2. The molecule has 5 aromatic rings. The van der Waals surface area contributed by atoms with Crippen LogP contribution in [0.15, 0.2) is 54.2 Å². The van der Waals surface area contributed by atoms with Crippen molar-refractivity contribution in [1.82, 2.24) is 29.1 Å². The van der Waals surface area contributed by atoms with Gasteiger partial charge in [-0.05, 0) is 56.7 Å². The van der Waals surface area contributed by atoms with Crippen LogP contribution in [0, 0.1) is 13.8 Å². The summed E-state index contributed by atoms with van der Waals surface area (Å²) in [6.45, 7) is 6.11. The first-order chi connectivity index (χ1) is 17.0. The fourth-order valence-corrected chi connectivity index (χ4v) is 4.07. The summed E-state index contributed by atoms with van der Waals surface area (Å²) < 4.78 is 14.4. The number of pyridine rings is 1. The number of fused-ring (bicyclic) bond motifs is 3. The van der Waals surface area contributed by atoms with Crippen LogP contribution in [0.5, 0.6) is 11.5 Å². The Morgan fingerprint density at radius 3 is 2.63 bits per heavy atom. The van der Waals surface area contributed by atoms with Crippen molar-refractivity contribution in [2.24, 2.45) is 5.16 Å². The van der Waals surface area contributed by atoms with E-state index in [0.29, 0.717) is 23.0 Å². The van der Waals surface area contributed by atoms with Gasteiger partial charge >= 0.3 is 0 Å². The molecule has 0 saturated heterocycles. The zero-order chi connectivity index (χ0) is 24.5. The van der Waals surface area contributed by atoms with Gasteiger partial charge < -0.3 is 14.3 Å². The minimum atomic E-state index is 0.120. The molecule has 0 N–H and O–H groups in total. The van der Waals surface area contributed by atoms with E-state index in [4.69, 9.17) is 19.3 Å². The van der Waals surface area contributed by atoms with Crippen LogP contribution in [0.25, 0.3) is 22.4 Å². The van der Waals surface area contributed by atoms with Crippen molar-refractivity contribution in [2.45, 2.75) is 27.4 Å². The molecule has 0 amide bonds. The Morgan fingerprint density at radius 1 is 1.06 bits per heavy atom. The van der Waals surface area contributed by atoms with Crippen molar-refractivity contribution in [3.05, 3.63) is 71.7 Å². The molecular formula is C25H25N7O3. The number of aryl methyl sites for hydroxylation is 1. The molecule has 0 radical (unpaired) electrons. The van der Waals surface area contributed by atoms with E-state index >= 15 is 0 Å². The monoisotopic (exact) mass is 471 g/mol. The summed E-state index contributed by atoms with van der Waals surface area (Å²) in [6, 6.07) is 9.49. The number of rotatable bonds is 7. The second-order valence-electron chi connectivity index (χ2n) is 8.02. The Kier molecular flexibility index (Phi) is 5.77. The molecule has 4 heterocycles. The molecule has 0 atom stereocenters. The molecule has 0 spiro atoms. The van der Waals surface area contributed by atoms with Crippen molar-refractivity contribution in [3.63, 3.8) is 0 Å². The zero-order valence-electron chi connectivity index (χ0n) is 20.2. The van der Waals surface area contributed by atoms with Gasteiger partial charge in [0.25, 0.3) is 0 Å². The first-order valence-corrected chi connectivity index (χ1v) is 11.0. The SMILES string of the molecule is COc1ccc(/C(C)=N/OCc2nc3c4c(C)c(C)n(-c5cccnc5)c4ncn3n2)cc1OC. The molecule has 10 heteroatoms. The first-order valence-electron chi connectivity index (χ1n) is 11.0. The van der Waals surface area contributed by atoms with E-state index in [2.05, 4.69) is 38.6 Å². The average Bonchev–Trinajstić information content (AvgIpc) is 3.41. The van der Waals surface area contributed by atoms with Crippen LogP contribution in [0.1, 0.15) is 29.6 Å². The van der Waals surface area contributed by atoms with E-state index in [1.54, 1.807) is 31.3 Å². The fraction of sp³-hybridized carbons (Fsp3) is 0.240. The Morgan fingerprint density at radius 2 is 1.89 bits per heavy atom. The number of oxime groups is 1. The maximum absolute atomic E-state index is 5.58. The predicted molar refractivity (Wildman–Crippen MR) is 131 cm³/mol. The summed E-state index contributed by atoms with van der Waals surface area (Å²) in [6.07, 6.45) is 5.24. The molecule has 0 aliphatic rings. The summed E-state index contributed by atoms with van der Waals surface area (Å²) in [5, 5.41) is 9.70. The highest BCUT2D eigenvalue weighted by Gasteiger charge is 2.19. The van der Waals surface area contributed by atoms with Crippen LogP contribution in [-0.2, 0) is 11.4 Å². The normalized spacial score (nSPS) is 11.9. The average molecular weight is 472 g/mol. The Balaban J connectivity index is 1.43. The third-order valence-corrected chi connectivity index (χ3v) is 5.98. The van der Waals surface area contributed by atoms with Gasteiger partial charge in [0, 0.05) is 17.5 Å². The van der Waals surface area contributed by atoms with Gasteiger partial charge in [-0.3, -0.25) is 9.55 Å². The number of hydrogen-bond donors (Lipinski definition) is 0. The third-order valence-electron chi connectivity index (χ3n) is 5.98. The van der Waals surface area contributed by atoms with Crippen molar-refractivity contribution in [3.8, 4) is 17.2 Å². The number of hydrogen-bond acceptors (Lipinski definition) is 8. The summed E-state index contributed by atoms with van der Waals surface area (Å²) in [7, 11) is 3.20. The van der Waals surface area contributed by atoms with Gasteiger partial charge in [-0.15, -0.1) is 5.10 Å². The number of benzene rings is 1. The van der Waals surface area contributed by atoms with Gasteiger partial charge in [0.05, 0.1) is 37.2 Å². The minimum Gasteiger partial charge on any atom is -0.493 e. The maximum atomic E-state index is 5.58. The highest BCUT2D eigenvalue weighted by molar-refractivity contribution is 5.99. The highest BCUT2D eigenvalue weighted by Crippen LogP contribution is 2.30. The molecule has 10 nitrogen and oxygen atoms in total. The van der Waals surface area contributed by atoms with Crippen molar-refractivity contribution >= 4 is 22.4 Å². The molecule has 35 heavy (non-hydrogen) atoms. The molecule has 4 aromatic heterocycles. The topological polar surface area (TPSA) is 101 Å². The lowest BCUT2D eigenvalue weighted by atomic mass is 10.1. The molecule has 1 aromatic carbocycles. The van der Waals surface area contributed by atoms with E-state index < -0.39 is 0 Å². The van der Waals surface area contributed by atoms with E-state index in [1.165, 1.54) is 0 Å². The number of ether oxygens (including phenoxy) is 2. The quantitative estimate of drug-likeness (QED) is 0.261. The van der Waals surface area contributed by atoms with Gasteiger partial charge in [0.1, 0.15) is 6.33 Å². The van der Waals surface area contributed by atoms with Gasteiger partial charge in [-0.25, -0.2) is 14.5 Å². The maximum Gasteiger partial charge on any atom is 0.192 e. The summed E-state index contributed by atoms with van der Waals surface area (Å²) in [4.78, 5) is 19.2. The van der Waals surface area contributed by atoms with Gasteiger partial charge in [-0.2, -0.15) is 0 Å². The Labute approximate surface area is 201 Å². The number of methoxy groups -OCH3 is 2. The van der Waals surface area contributed by atoms with Crippen LogP contribution in [0.4, 0.5) is 0 Å². The second-order valence-corrected chi connectivity index (χ2v) is 8.02. The molecule has 0 fully saturated rings. The van der Waals surface area contributed by atoms with Crippen molar-refractivity contribution in [2.75, 3.05) is 14.2 Å². The third kappa shape index (κ3) is 3.92. The summed E-state index contributed by atoms with van der Waals surface area (Å²) >= 11 is 0. The van der Waals surface area contributed by atoms with E-state index in [9.17, 15) is 0 Å². The minimum absolute atomic E-state index is 0.120. The van der Waals surface area contributed by atoms with Crippen molar-refractivity contribution in [1.29, 1.82) is 0 Å². The standard InChI is InChI=1S/C25H25N7O3/c1-15-17(3)32(19-7-6-10-26-12-19)24-23(15)25-28-22(29-31(25)14-27-24)13-35-30-16(2)18-8-9-20(33-4)21(11-18)34-5/h6-12,14H,13H2,1-5H3/b30-16+. The first kappa shape index (κ1) is 22.3. The van der Waals surface area contributed by atoms with Crippen LogP contribution >= 0.6 is 0 Å². The Bertz CT molecular complexity index is 1550. The molecular weight excluding hydrogens is 446 g/mol.